The molecule has 10 heteroatoms. The highest BCUT2D eigenvalue weighted by atomic mass is 32.1. The summed E-state index contributed by atoms with van der Waals surface area (Å²) in [5.41, 5.74) is 0.566. The minimum absolute atomic E-state index is 0.120. The fourth-order valence-corrected chi connectivity index (χ4v) is 5.37. The highest BCUT2D eigenvalue weighted by molar-refractivity contribution is 7.22. The molecule has 0 saturated carbocycles. The minimum atomic E-state index is -0.390. The lowest BCUT2D eigenvalue weighted by atomic mass is 10.1. The molecule has 0 radical (unpaired) electrons. The van der Waals surface area contributed by atoms with Gasteiger partial charge in [0.25, 0.3) is 0 Å². The first kappa shape index (κ1) is 24.2. The van der Waals surface area contributed by atoms with E-state index in [9.17, 15) is 18.4 Å². The third kappa shape index (κ3) is 6.32. The number of amides is 2. The number of benzene rings is 2. The van der Waals surface area contributed by atoms with E-state index < -0.39 is 0 Å². The van der Waals surface area contributed by atoms with Crippen LogP contribution in [0.15, 0.2) is 36.4 Å². The van der Waals surface area contributed by atoms with Gasteiger partial charge >= 0.3 is 0 Å². The van der Waals surface area contributed by atoms with Gasteiger partial charge in [-0.1, -0.05) is 60.5 Å². The number of hydrogen-bond donors (Lipinski definition) is 2. The monoisotopic (exact) mass is 502 g/mol. The Morgan fingerprint density at radius 2 is 1.09 bits per heavy atom. The summed E-state index contributed by atoms with van der Waals surface area (Å²) in [5.74, 6) is -1.02. The van der Waals surface area contributed by atoms with Crippen LogP contribution in [0.4, 0.5) is 19.0 Å². The predicted molar refractivity (Wildman–Crippen MR) is 133 cm³/mol. The zero-order valence-electron chi connectivity index (χ0n) is 18.4. The van der Waals surface area contributed by atoms with Crippen molar-refractivity contribution in [1.29, 1.82) is 0 Å². The smallest absolute Gasteiger partial charge is 0.226 e. The maximum absolute atomic E-state index is 13.7. The lowest BCUT2D eigenvalue weighted by molar-refractivity contribution is -0.117. The van der Waals surface area contributed by atoms with Crippen molar-refractivity contribution in [3.8, 4) is 0 Å². The molecule has 4 rings (SSSR count). The van der Waals surface area contributed by atoms with Crippen molar-refractivity contribution in [2.45, 2.75) is 51.4 Å². The van der Waals surface area contributed by atoms with Gasteiger partial charge in [-0.15, -0.1) is 0 Å². The molecule has 0 aliphatic carbocycles. The first-order valence-electron chi connectivity index (χ1n) is 11.2. The van der Waals surface area contributed by atoms with Gasteiger partial charge in [-0.25, -0.2) is 18.7 Å². The fourth-order valence-electron chi connectivity index (χ4n) is 3.58. The first-order chi connectivity index (χ1) is 16.5. The Kier molecular flexibility index (Phi) is 8.12. The largest absolute Gasteiger partial charge is 0.302 e. The molecule has 0 atom stereocenters. The molecule has 6 nitrogen and oxygen atoms in total. The molecule has 2 aromatic heterocycles. The summed E-state index contributed by atoms with van der Waals surface area (Å²) in [7, 11) is 0. The average molecular weight is 503 g/mol. The normalized spacial score (nSPS) is 11.2. The van der Waals surface area contributed by atoms with Crippen molar-refractivity contribution >= 4 is 65.2 Å². The predicted octanol–water partition coefficient (Wildman–Crippen LogP) is 6.88. The Balaban J connectivity index is 1.06. The molecule has 0 aliphatic rings. The van der Waals surface area contributed by atoms with Crippen molar-refractivity contribution in [2.24, 2.45) is 0 Å². The SMILES string of the molecule is O=C(CCCCCCCCC(=O)Nc1nc2c(F)cccc2s1)Nc1nc2c(F)cccc2s1. The molecule has 2 heterocycles. The number of carbonyl (C=O) groups is 2. The van der Waals surface area contributed by atoms with Gasteiger partial charge in [0.1, 0.15) is 22.7 Å². The number of thiazole rings is 2. The Bertz CT molecular complexity index is 1200. The Morgan fingerprint density at radius 1 is 0.676 bits per heavy atom. The topological polar surface area (TPSA) is 84.0 Å². The molecule has 178 valence electrons. The Labute approximate surface area is 203 Å². The number of halogens is 2. The number of nitrogens with one attached hydrogen (secondary N) is 2. The number of rotatable bonds is 11. The zero-order valence-corrected chi connectivity index (χ0v) is 20.0. The Hall–Kier alpha value is -2.98. The number of hydrogen-bond acceptors (Lipinski definition) is 6. The van der Waals surface area contributed by atoms with Gasteiger partial charge in [0.2, 0.25) is 11.8 Å². The van der Waals surface area contributed by atoms with Crippen molar-refractivity contribution in [2.75, 3.05) is 10.6 Å². The van der Waals surface area contributed by atoms with Crippen LogP contribution in [-0.2, 0) is 9.59 Å². The molecule has 0 saturated heterocycles. The van der Waals surface area contributed by atoms with Gasteiger partial charge in [-0.2, -0.15) is 0 Å². The zero-order chi connectivity index (χ0) is 23.9. The van der Waals surface area contributed by atoms with E-state index in [0.717, 1.165) is 38.5 Å². The van der Waals surface area contributed by atoms with Crippen LogP contribution in [0.1, 0.15) is 51.4 Å². The molecular formula is C24H24F2N4O2S2. The van der Waals surface area contributed by atoms with E-state index in [1.165, 1.54) is 34.8 Å². The second kappa shape index (κ2) is 11.4. The van der Waals surface area contributed by atoms with Gasteiger partial charge in [0, 0.05) is 12.8 Å². The summed E-state index contributed by atoms with van der Waals surface area (Å²) >= 11 is 2.52. The van der Waals surface area contributed by atoms with E-state index in [0.29, 0.717) is 32.5 Å². The summed E-state index contributed by atoms with van der Waals surface area (Å²) < 4.78 is 28.8. The molecule has 0 spiro atoms. The molecule has 0 unspecified atom stereocenters. The number of anilines is 2. The quantitative estimate of drug-likeness (QED) is 0.219. The average Bonchev–Trinajstić information content (AvgIpc) is 3.40. The third-order valence-electron chi connectivity index (χ3n) is 5.29. The second-order valence-corrected chi connectivity index (χ2v) is 9.99. The molecule has 34 heavy (non-hydrogen) atoms. The van der Waals surface area contributed by atoms with E-state index in [4.69, 9.17) is 0 Å². The van der Waals surface area contributed by atoms with Crippen LogP contribution >= 0.6 is 22.7 Å². The standard InChI is InChI=1S/C24H24F2N4O2S2/c25-15-9-7-11-17-21(15)29-23(33-17)27-19(31)13-5-3-1-2-4-6-14-20(32)28-24-30-22-16(26)10-8-12-18(22)34-24/h7-12H,1-6,13-14H2,(H,27,29,31)(H,28,30,32). The number of aromatic nitrogens is 2. The number of carbonyl (C=O) groups excluding carboxylic acids is 2. The molecule has 2 N–H and O–H groups in total. The van der Waals surface area contributed by atoms with Gasteiger partial charge in [-0.05, 0) is 37.1 Å². The molecule has 2 amide bonds. The summed E-state index contributed by atoms with van der Waals surface area (Å²) in [4.78, 5) is 32.5. The van der Waals surface area contributed by atoms with E-state index in [1.807, 2.05) is 0 Å². The van der Waals surface area contributed by atoms with E-state index in [-0.39, 0.29) is 34.5 Å². The Morgan fingerprint density at radius 3 is 1.50 bits per heavy atom. The van der Waals surface area contributed by atoms with Crippen molar-refractivity contribution < 1.29 is 18.4 Å². The minimum Gasteiger partial charge on any atom is -0.302 e. The molecule has 2 aromatic carbocycles. The summed E-state index contributed by atoms with van der Waals surface area (Å²) in [6.07, 6.45) is 6.13. The highest BCUT2D eigenvalue weighted by Crippen LogP contribution is 2.28. The van der Waals surface area contributed by atoms with Gasteiger partial charge in [0.05, 0.1) is 9.40 Å². The molecule has 0 bridgehead atoms. The lowest BCUT2D eigenvalue weighted by Crippen LogP contribution is -2.11. The van der Waals surface area contributed by atoms with Gasteiger partial charge < -0.3 is 10.6 Å². The summed E-state index contributed by atoms with van der Waals surface area (Å²) in [6.45, 7) is 0. The number of para-hydroxylation sites is 2. The maximum atomic E-state index is 13.7. The fraction of sp³-hybridized carbons (Fsp3) is 0.333. The van der Waals surface area contributed by atoms with Crippen molar-refractivity contribution in [3.63, 3.8) is 0 Å². The van der Waals surface area contributed by atoms with Gasteiger partial charge in [0.15, 0.2) is 10.3 Å². The van der Waals surface area contributed by atoms with Crippen LogP contribution in [0.2, 0.25) is 0 Å². The maximum Gasteiger partial charge on any atom is 0.226 e. The molecule has 4 aromatic rings. The second-order valence-electron chi connectivity index (χ2n) is 7.93. The van der Waals surface area contributed by atoms with Crippen LogP contribution in [0.25, 0.3) is 20.4 Å². The molecular weight excluding hydrogens is 478 g/mol. The van der Waals surface area contributed by atoms with E-state index in [1.54, 1.807) is 24.3 Å². The summed E-state index contributed by atoms with van der Waals surface area (Å²) in [6, 6.07) is 9.50. The van der Waals surface area contributed by atoms with Crippen LogP contribution in [0, 0.1) is 11.6 Å². The van der Waals surface area contributed by atoms with Crippen molar-refractivity contribution in [3.05, 3.63) is 48.0 Å². The molecule has 0 fully saturated rings. The van der Waals surface area contributed by atoms with E-state index >= 15 is 0 Å². The number of nitrogens with zero attached hydrogens (tertiary/aromatic N) is 2. The molecule has 0 aliphatic heterocycles. The number of fused-ring (bicyclic) bond motifs is 2. The van der Waals surface area contributed by atoms with E-state index in [2.05, 4.69) is 20.6 Å². The summed E-state index contributed by atoms with van der Waals surface area (Å²) in [5, 5.41) is 6.32. The van der Waals surface area contributed by atoms with Crippen LogP contribution in [0.5, 0.6) is 0 Å². The van der Waals surface area contributed by atoms with Crippen LogP contribution < -0.4 is 10.6 Å². The number of unbranched alkanes of at least 4 members (excludes halogenated alkanes) is 5. The van der Waals surface area contributed by atoms with Gasteiger partial charge in [-0.3, -0.25) is 9.59 Å². The third-order valence-corrected chi connectivity index (χ3v) is 7.16. The highest BCUT2D eigenvalue weighted by Gasteiger charge is 2.11. The lowest BCUT2D eigenvalue weighted by Gasteiger charge is -2.03. The van der Waals surface area contributed by atoms with Crippen molar-refractivity contribution in [1.82, 2.24) is 9.97 Å². The first-order valence-corrected chi connectivity index (χ1v) is 12.8. The van der Waals surface area contributed by atoms with Crippen LogP contribution in [0.3, 0.4) is 0 Å². The van der Waals surface area contributed by atoms with Crippen LogP contribution in [-0.4, -0.2) is 21.8 Å².